The monoisotopic (exact) mass is 307 g/mol. The van der Waals surface area contributed by atoms with E-state index in [0.29, 0.717) is 18.2 Å². The van der Waals surface area contributed by atoms with Crippen molar-refractivity contribution in [2.24, 2.45) is 0 Å². The number of hydrogen-bond acceptors (Lipinski definition) is 3. The highest BCUT2D eigenvalue weighted by atomic mass is 32.1. The molecule has 0 aliphatic heterocycles. The summed E-state index contributed by atoms with van der Waals surface area (Å²) >= 11 is 5.17. The van der Waals surface area contributed by atoms with Crippen molar-refractivity contribution in [1.82, 2.24) is 10.6 Å². The fourth-order valence-electron chi connectivity index (χ4n) is 1.66. The van der Waals surface area contributed by atoms with E-state index in [1.807, 2.05) is 12.1 Å². The van der Waals surface area contributed by atoms with Gasteiger partial charge in [0.25, 0.3) is 0 Å². The molecule has 0 saturated carbocycles. The van der Waals surface area contributed by atoms with Crippen LogP contribution < -0.4 is 16.0 Å². The van der Waals surface area contributed by atoms with Gasteiger partial charge in [0.2, 0.25) is 5.91 Å². The first kappa shape index (κ1) is 17.1. The van der Waals surface area contributed by atoms with Gasteiger partial charge in [0.1, 0.15) is 6.29 Å². The summed E-state index contributed by atoms with van der Waals surface area (Å²) in [6.45, 7) is 3.11. The minimum atomic E-state index is -0.127. The Balaban J connectivity index is 2.18. The molecule has 0 saturated heterocycles. The number of rotatable bonds is 8. The number of thiocarbonyl (C=S) groups is 1. The maximum atomic E-state index is 11.3. The predicted octanol–water partition coefficient (Wildman–Crippen LogP) is 1.63. The van der Waals surface area contributed by atoms with E-state index in [4.69, 9.17) is 12.2 Å². The van der Waals surface area contributed by atoms with Gasteiger partial charge in [-0.1, -0.05) is 19.1 Å². The number of amides is 1. The van der Waals surface area contributed by atoms with Crippen molar-refractivity contribution in [2.45, 2.75) is 26.2 Å². The Morgan fingerprint density at radius 1 is 1.19 bits per heavy atom. The molecule has 0 spiro atoms. The summed E-state index contributed by atoms with van der Waals surface area (Å²) in [5.41, 5.74) is 2.21. The highest BCUT2D eigenvalue weighted by molar-refractivity contribution is 7.80. The Hall–Kier alpha value is -1.95. The van der Waals surface area contributed by atoms with Crippen molar-refractivity contribution in [2.75, 3.05) is 18.4 Å². The predicted molar refractivity (Wildman–Crippen MR) is 88.4 cm³/mol. The molecule has 1 aromatic rings. The Labute approximate surface area is 130 Å². The first-order valence-electron chi connectivity index (χ1n) is 6.99. The van der Waals surface area contributed by atoms with Crippen molar-refractivity contribution in [3.8, 4) is 0 Å². The van der Waals surface area contributed by atoms with Crippen LogP contribution in [0.2, 0.25) is 0 Å². The molecule has 3 N–H and O–H groups in total. The standard InChI is InChI=1S/C15H21N3O2S/c1-2-12-5-7-13(8-6-12)18-15(21)17-10-9-16-14(20)4-3-11-19/h5-8,11H,2-4,9-10H2,1H3,(H,16,20)(H2,17,18,21). The van der Waals surface area contributed by atoms with Crippen LogP contribution in [0.4, 0.5) is 5.69 Å². The van der Waals surface area contributed by atoms with Crippen LogP contribution in [0.1, 0.15) is 25.3 Å². The van der Waals surface area contributed by atoms with Crippen LogP contribution in [0.15, 0.2) is 24.3 Å². The third-order valence-corrected chi connectivity index (χ3v) is 3.09. The molecule has 1 amide bonds. The Kier molecular flexibility index (Phi) is 8.04. The quantitative estimate of drug-likeness (QED) is 0.387. The third kappa shape index (κ3) is 7.41. The molecule has 1 aromatic carbocycles. The lowest BCUT2D eigenvalue weighted by atomic mass is 10.1. The average molecular weight is 307 g/mol. The largest absolute Gasteiger partial charge is 0.361 e. The van der Waals surface area contributed by atoms with Gasteiger partial charge in [-0.3, -0.25) is 4.79 Å². The topological polar surface area (TPSA) is 70.2 Å². The lowest BCUT2D eigenvalue weighted by Gasteiger charge is -2.11. The number of nitrogens with one attached hydrogen (secondary N) is 3. The van der Waals surface area contributed by atoms with Crippen molar-refractivity contribution >= 4 is 35.2 Å². The maximum absolute atomic E-state index is 11.3. The SMILES string of the molecule is CCc1ccc(NC(=S)NCCNC(=O)CCC=O)cc1. The molecule has 0 aliphatic rings. The van der Waals surface area contributed by atoms with Gasteiger partial charge < -0.3 is 20.7 Å². The zero-order valence-corrected chi connectivity index (χ0v) is 13.0. The minimum Gasteiger partial charge on any atom is -0.361 e. The summed E-state index contributed by atoms with van der Waals surface area (Å²) in [4.78, 5) is 21.4. The van der Waals surface area contributed by atoms with Crippen LogP contribution in [0.3, 0.4) is 0 Å². The molecule has 0 aromatic heterocycles. The van der Waals surface area contributed by atoms with E-state index < -0.39 is 0 Å². The number of aldehydes is 1. The molecular formula is C15H21N3O2S. The van der Waals surface area contributed by atoms with E-state index >= 15 is 0 Å². The fourth-order valence-corrected chi connectivity index (χ4v) is 1.88. The lowest BCUT2D eigenvalue weighted by molar-refractivity contribution is -0.122. The summed E-state index contributed by atoms with van der Waals surface area (Å²) in [7, 11) is 0. The average Bonchev–Trinajstić information content (AvgIpc) is 2.50. The number of anilines is 1. The molecule has 6 heteroatoms. The van der Waals surface area contributed by atoms with Crippen molar-refractivity contribution in [3.63, 3.8) is 0 Å². The third-order valence-electron chi connectivity index (χ3n) is 2.84. The van der Waals surface area contributed by atoms with E-state index in [2.05, 4.69) is 35.0 Å². The maximum Gasteiger partial charge on any atom is 0.220 e. The Morgan fingerprint density at radius 3 is 2.48 bits per heavy atom. The second-order valence-electron chi connectivity index (χ2n) is 4.49. The highest BCUT2D eigenvalue weighted by Crippen LogP contribution is 2.09. The van der Waals surface area contributed by atoms with Gasteiger partial charge in [-0.2, -0.15) is 0 Å². The zero-order valence-electron chi connectivity index (χ0n) is 12.1. The highest BCUT2D eigenvalue weighted by Gasteiger charge is 2.00. The number of hydrogen-bond donors (Lipinski definition) is 3. The molecule has 114 valence electrons. The molecule has 0 radical (unpaired) electrons. The van der Waals surface area contributed by atoms with Gasteiger partial charge in [-0.15, -0.1) is 0 Å². The molecule has 5 nitrogen and oxygen atoms in total. The molecule has 0 fully saturated rings. The van der Waals surface area contributed by atoms with E-state index in [1.54, 1.807) is 0 Å². The molecule has 0 aliphatic carbocycles. The molecule has 1 rings (SSSR count). The van der Waals surface area contributed by atoms with Crippen LogP contribution >= 0.6 is 12.2 Å². The molecule has 0 heterocycles. The zero-order chi connectivity index (χ0) is 15.5. The molecular weight excluding hydrogens is 286 g/mol. The number of aryl methyl sites for hydroxylation is 1. The van der Waals surface area contributed by atoms with Crippen LogP contribution in [-0.4, -0.2) is 30.4 Å². The van der Waals surface area contributed by atoms with Crippen molar-refractivity contribution in [3.05, 3.63) is 29.8 Å². The number of benzene rings is 1. The second-order valence-corrected chi connectivity index (χ2v) is 4.89. The van der Waals surface area contributed by atoms with Crippen LogP contribution in [0.25, 0.3) is 0 Å². The van der Waals surface area contributed by atoms with Gasteiger partial charge in [0.05, 0.1) is 0 Å². The summed E-state index contributed by atoms with van der Waals surface area (Å²) in [6.07, 6.45) is 2.23. The lowest BCUT2D eigenvalue weighted by Crippen LogP contribution is -2.36. The first-order chi connectivity index (χ1) is 10.2. The summed E-state index contributed by atoms with van der Waals surface area (Å²) in [6, 6.07) is 8.07. The summed E-state index contributed by atoms with van der Waals surface area (Å²) < 4.78 is 0. The smallest absolute Gasteiger partial charge is 0.220 e. The molecule has 21 heavy (non-hydrogen) atoms. The Bertz CT molecular complexity index is 474. The van der Waals surface area contributed by atoms with Gasteiger partial charge in [0.15, 0.2) is 5.11 Å². The van der Waals surface area contributed by atoms with E-state index in [0.717, 1.165) is 18.4 Å². The van der Waals surface area contributed by atoms with Gasteiger partial charge in [-0.05, 0) is 36.3 Å². The van der Waals surface area contributed by atoms with E-state index in [1.165, 1.54) is 5.56 Å². The fraction of sp³-hybridized carbons (Fsp3) is 0.400. The summed E-state index contributed by atoms with van der Waals surface area (Å²) in [5, 5.41) is 9.30. The number of carbonyl (C=O) groups is 2. The van der Waals surface area contributed by atoms with E-state index in [9.17, 15) is 9.59 Å². The molecule has 0 atom stereocenters. The number of carbonyl (C=O) groups excluding carboxylic acids is 2. The van der Waals surface area contributed by atoms with E-state index in [-0.39, 0.29) is 18.7 Å². The van der Waals surface area contributed by atoms with Crippen molar-refractivity contribution < 1.29 is 9.59 Å². The summed E-state index contributed by atoms with van der Waals surface area (Å²) in [5.74, 6) is -0.127. The van der Waals surface area contributed by atoms with Gasteiger partial charge >= 0.3 is 0 Å². The van der Waals surface area contributed by atoms with Crippen LogP contribution in [0.5, 0.6) is 0 Å². The second kappa shape index (κ2) is 9.88. The van der Waals surface area contributed by atoms with Gasteiger partial charge in [-0.25, -0.2) is 0 Å². The molecule has 0 bridgehead atoms. The molecule has 0 unspecified atom stereocenters. The van der Waals surface area contributed by atoms with Crippen LogP contribution in [0, 0.1) is 0 Å². The normalized spacial score (nSPS) is 9.76. The Morgan fingerprint density at radius 2 is 1.86 bits per heavy atom. The minimum absolute atomic E-state index is 0.127. The first-order valence-corrected chi connectivity index (χ1v) is 7.40. The van der Waals surface area contributed by atoms with Crippen molar-refractivity contribution in [1.29, 1.82) is 0 Å². The van der Waals surface area contributed by atoms with Gasteiger partial charge in [0, 0.05) is 31.6 Å². The van der Waals surface area contributed by atoms with Crippen LogP contribution in [-0.2, 0) is 16.0 Å².